The Morgan fingerprint density at radius 2 is 2.00 bits per heavy atom. The molecule has 18 heavy (non-hydrogen) atoms. The number of carbonyl (C=O) groups is 1. The minimum absolute atomic E-state index is 0.288. The molecule has 5 heteroatoms. The highest BCUT2D eigenvalue weighted by Gasteiger charge is 2.23. The van der Waals surface area contributed by atoms with Crippen molar-refractivity contribution < 1.29 is 9.53 Å². The molecule has 0 aliphatic heterocycles. The van der Waals surface area contributed by atoms with Crippen LogP contribution < -0.4 is 0 Å². The van der Waals surface area contributed by atoms with E-state index in [-0.39, 0.29) is 5.02 Å². The predicted molar refractivity (Wildman–Crippen MR) is 74.6 cm³/mol. The Morgan fingerprint density at radius 3 is 2.50 bits per heavy atom. The van der Waals surface area contributed by atoms with E-state index < -0.39 is 5.97 Å². The molecular weight excluding hydrogens is 273 g/mol. The fourth-order valence-electron chi connectivity index (χ4n) is 1.76. The summed E-state index contributed by atoms with van der Waals surface area (Å²) in [5.74, 6) is 0.151. The molecule has 0 bridgehead atoms. The van der Waals surface area contributed by atoms with Crippen molar-refractivity contribution in [1.82, 2.24) is 4.57 Å². The highest BCUT2D eigenvalue weighted by atomic mass is 35.5. The Kier molecular flexibility index (Phi) is 5.54. The van der Waals surface area contributed by atoms with Crippen LogP contribution in [0.1, 0.15) is 43.2 Å². The molecule has 102 valence electrons. The second-order valence-corrected chi connectivity index (χ2v) is 5.36. The first-order valence-corrected chi connectivity index (χ1v) is 6.86. The van der Waals surface area contributed by atoms with Gasteiger partial charge in [-0.05, 0) is 26.2 Å². The van der Waals surface area contributed by atoms with Crippen molar-refractivity contribution >= 4 is 29.2 Å². The van der Waals surface area contributed by atoms with Gasteiger partial charge in [-0.25, -0.2) is 4.79 Å². The van der Waals surface area contributed by atoms with Gasteiger partial charge >= 0.3 is 5.97 Å². The minimum atomic E-state index is -0.412. The van der Waals surface area contributed by atoms with Crippen LogP contribution in [0.5, 0.6) is 0 Å². The Bertz CT molecular complexity index is 439. The van der Waals surface area contributed by atoms with Crippen molar-refractivity contribution in [2.24, 2.45) is 5.92 Å². The normalized spacial score (nSPS) is 11.1. The molecular formula is C13H19Cl2NO2. The molecule has 0 saturated heterocycles. The van der Waals surface area contributed by atoms with Crippen molar-refractivity contribution in [3.63, 3.8) is 0 Å². The van der Waals surface area contributed by atoms with Gasteiger partial charge in [-0.3, -0.25) is 0 Å². The Balaban J connectivity index is 3.07. The smallest absolute Gasteiger partial charge is 0.341 e. The van der Waals surface area contributed by atoms with Gasteiger partial charge < -0.3 is 9.30 Å². The molecule has 0 amide bonds. The van der Waals surface area contributed by atoms with Crippen LogP contribution in [-0.2, 0) is 11.3 Å². The van der Waals surface area contributed by atoms with Crippen LogP contribution in [0.4, 0.5) is 0 Å². The van der Waals surface area contributed by atoms with Gasteiger partial charge in [0.2, 0.25) is 0 Å². The number of hydrogen-bond acceptors (Lipinski definition) is 2. The maximum absolute atomic E-state index is 11.8. The summed E-state index contributed by atoms with van der Waals surface area (Å²) in [5, 5.41) is 0.703. The summed E-state index contributed by atoms with van der Waals surface area (Å²) in [6.45, 7) is 8.95. The molecule has 0 unspecified atom stereocenters. The first kappa shape index (κ1) is 15.4. The maximum Gasteiger partial charge on any atom is 0.341 e. The van der Waals surface area contributed by atoms with E-state index in [1.807, 2.05) is 11.5 Å². The fourth-order valence-corrected chi connectivity index (χ4v) is 2.38. The molecule has 0 radical (unpaired) electrons. The van der Waals surface area contributed by atoms with Gasteiger partial charge in [0.1, 0.15) is 10.7 Å². The summed E-state index contributed by atoms with van der Waals surface area (Å²) in [7, 11) is 0. The average Bonchev–Trinajstić information content (AvgIpc) is 2.48. The first-order valence-electron chi connectivity index (χ1n) is 6.11. The van der Waals surface area contributed by atoms with Crippen molar-refractivity contribution in [1.29, 1.82) is 0 Å². The summed E-state index contributed by atoms with van der Waals surface area (Å²) in [6, 6.07) is 0. The second-order valence-electron chi connectivity index (χ2n) is 4.62. The van der Waals surface area contributed by atoms with Gasteiger partial charge in [-0.1, -0.05) is 37.0 Å². The van der Waals surface area contributed by atoms with E-state index in [4.69, 9.17) is 27.9 Å². The Morgan fingerprint density at radius 1 is 1.39 bits per heavy atom. The van der Waals surface area contributed by atoms with Crippen LogP contribution >= 0.6 is 23.2 Å². The van der Waals surface area contributed by atoms with Crippen LogP contribution in [-0.4, -0.2) is 17.1 Å². The zero-order valence-electron chi connectivity index (χ0n) is 11.2. The summed E-state index contributed by atoms with van der Waals surface area (Å²) in [5.41, 5.74) is 1.15. The second kappa shape index (κ2) is 6.48. The van der Waals surface area contributed by atoms with Crippen LogP contribution in [0, 0.1) is 12.8 Å². The van der Waals surface area contributed by atoms with Crippen molar-refractivity contribution in [3.8, 4) is 0 Å². The summed E-state index contributed by atoms with van der Waals surface area (Å²) in [6.07, 6.45) is 0.980. The van der Waals surface area contributed by atoms with Crippen LogP contribution in [0.25, 0.3) is 0 Å². The van der Waals surface area contributed by atoms with Crippen LogP contribution in [0.15, 0.2) is 0 Å². The highest BCUT2D eigenvalue weighted by molar-refractivity contribution is 6.43. The van der Waals surface area contributed by atoms with E-state index in [2.05, 4.69) is 13.8 Å². The standard InChI is InChI=1S/C13H19Cl2NO2/c1-5-18-13(17)10-9(4)16(7-6-8(2)3)12(15)11(10)14/h8H,5-7H2,1-4H3. The van der Waals surface area contributed by atoms with Gasteiger partial charge in [0, 0.05) is 12.2 Å². The molecule has 1 aromatic heterocycles. The topological polar surface area (TPSA) is 31.2 Å². The number of esters is 1. The number of aromatic nitrogens is 1. The number of carbonyl (C=O) groups excluding carboxylic acids is 1. The number of nitrogens with zero attached hydrogens (tertiary/aromatic N) is 1. The zero-order valence-corrected chi connectivity index (χ0v) is 12.7. The average molecular weight is 292 g/mol. The quantitative estimate of drug-likeness (QED) is 0.756. The van der Waals surface area contributed by atoms with Gasteiger partial charge in [0.25, 0.3) is 0 Å². The third-order valence-electron chi connectivity index (χ3n) is 2.81. The lowest BCUT2D eigenvalue weighted by Crippen LogP contribution is -2.08. The lowest BCUT2D eigenvalue weighted by Gasteiger charge is -2.10. The lowest BCUT2D eigenvalue weighted by atomic mass is 10.1. The molecule has 0 aromatic carbocycles. The molecule has 1 rings (SSSR count). The third-order valence-corrected chi connectivity index (χ3v) is 3.67. The first-order chi connectivity index (χ1) is 8.40. The summed E-state index contributed by atoms with van der Waals surface area (Å²) in [4.78, 5) is 11.8. The molecule has 0 atom stereocenters. The van der Waals surface area contributed by atoms with Gasteiger partial charge in [-0.15, -0.1) is 0 Å². The number of rotatable bonds is 5. The Hall–Kier alpha value is -0.670. The van der Waals surface area contributed by atoms with Crippen molar-refractivity contribution in [2.75, 3.05) is 6.61 Å². The van der Waals surface area contributed by atoms with E-state index in [9.17, 15) is 4.79 Å². The molecule has 0 N–H and O–H groups in total. The van der Waals surface area contributed by atoms with Crippen LogP contribution in [0.2, 0.25) is 10.2 Å². The molecule has 0 aliphatic carbocycles. The van der Waals surface area contributed by atoms with Gasteiger partial charge in [0.05, 0.1) is 11.6 Å². The molecule has 0 saturated carbocycles. The number of halogens is 2. The van der Waals surface area contributed by atoms with E-state index in [1.165, 1.54) is 0 Å². The van der Waals surface area contributed by atoms with E-state index in [0.717, 1.165) is 18.7 Å². The predicted octanol–water partition coefficient (Wildman–Crippen LogP) is 4.33. The van der Waals surface area contributed by atoms with Crippen molar-refractivity contribution in [3.05, 3.63) is 21.4 Å². The molecule has 0 aliphatic rings. The number of hydrogen-bond donors (Lipinski definition) is 0. The third kappa shape index (κ3) is 3.21. The van der Waals surface area contributed by atoms with Gasteiger partial charge in [0.15, 0.2) is 0 Å². The summed E-state index contributed by atoms with van der Waals surface area (Å²) >= 11 is 12.3. The lowest BCUT2D eigenvalue weighted by molar-refractivity contribution is 0.0525. The molecule has 3 nitrogen and oxygen atoms in total. The fraction of sp³-hybridized carbons (Fsp3) is 0.615. The molecule has 1 heterocycles. The highest BCUT2D eigenvalue weighted by Crippen LogP contribution is 2.32. The van der Waals surface area contributed by atoms with Gasteiger partial charge in [-0.2, -0.15) is 0 Å². The van der Waals surface area contributed by atoms with Crippen molar-refractivity contribution in [2.45, 2.75) is 40.7 Å². The summed E-state index contributed by atoms with van der Waals surface area (Å²) < 4.78 is 6.86. The minimum Gasteiger partial charge on any atom is -0.462 e. The van der Waals surface area contributed by atoms with Crippen LogP contribution in [0.3, 0.4) is 0 Å². The molecule has 1 aromatic rings. The van der Waals surface area contributed by atoms with E-state index in [1.54, 1.807) is 6.92 Å². The maximum atomic E-state index is 11.8. The molecule has 0 spiro atoms. The molecule has 0 fully saturated rings. The Labute approximate surface area is 118 Å². The van der Waals surface area contributed by atoms with E-state index in [0.29, 0.717) is 23.2 Å². The SMILES string of the molecule is CCOC(=O)c1c(Cl)c(Cl)n(CCC(C)C)c1C. The zero-order chi connectivity index (χ0) is 13.9. The monoisotopic (exact) mass is 291 g/mol. The largest absolute Gasteiger partial charge is 0.462 e. The number of ether oxygens (including phenoxy) is 1. The van der Waals surface area contributed by atoms with E-state index >= 15 is 0 Å².